The van der Waals surface area contributed by atoms with Gasteiger partial charge in [-0.15, -0.1) is 0 Å². The number of hydrogen-bond acceptors (Lipinski definition) is 4. The lowest BCUT2D eigenvalue weighted by molar-refractivity contribution is 0.249. The minimum absolute atomic E-state index is 0.665. The first-order valence-corrected chi connectivity index (χ1v) is 7.31. The van der Waals surface area contributed by atoms with E-state index in [1.807, 2.05) is 42.5 Å². The van der Waals surface area contributed by atoms with Crippen molar-refractivity contribution >= 4 is 12.2 Å². The molecule has 0 aliphatic carbocycles. The SMILES string of the molecule is NC(=O)NN=Cc1ccc(-c2ccc3c(c2)OCCCO3)cc1. The van der Waals surface area contributed by atoms with Crippen molar-refractivity contribution in [3.05, 3.63) is 48.0 Å². The highest BCUT2D eigenvalue weighted by molar-refractivity contribution is 5.82. The summed E-state index contributed by atoms with van der Waals surface area (Å²) in [6.45, 7) is 1.35. The predicted octanol–water partition coefficient (Wildman–Crippen LogP) is 2.52. The number of nitrogens with zero attached hydrogens (tertiary/aromatic N) is 1. The van der Waals surface area contributed by atoms with Gasteiger partial charge in [-0.1, -0.05) is 30.3 Å². The second-order valence-corrected chi connectivity index (χ2v) is 5.07. The Balaban J connectivity index is 1.78. The average Bonchev–Trinajstić information content (AvgIpc) is 2.80. The highest BCUT2D eigenvalue weighted by atomic mass is 16.5. The van der Waals surface area contributed by atoms with Gasteiger partial charge in [0.25, 0.3) is 0 Å². The number of benzene rings is 2. The topological polar surface area (TPSA) is 85.9 Å². The smallest absolute Gasteiger partial charge is 0.332 e. The first-order valence-electron chi connectivity index (χ1n) is 7.31. The number of carbonyl (C=O) groups excluding carboxylic acids is 1. The fraction of sp³-hybridized carbons (Fsp3) is 0.176. The molecule has 6 nitrogen and oxygen atoms in total. The van der Waals surface area contributed by atoms with Crippen molar-refractivity contribution in [1.82, 2.24) is 5.43 Å². The molecule has 1 aliphatic heterocycles. The molecule has 2 aromatic rings. The Morgan fingerprint density at radius 3 is 2.48 bits per heavy atom. The van der Waals surface area contributed by atoms with Crippen LogP contribution in [0.1, 0.15) is 12.0 Å². The second-order valence-electron chi connectivity index (χ2n) is 5.07. The number of urea groups is 1. The summed E-state index contributed by atoms with van der Waals surface area (Å²) in [7, 11) is 0. The van der Waals surface area contributed by atoms with Gasteiger partial charge in [0.15, 0.2) is 11.5 Å². The van der Waals surface area contributed by atoms with Gasteiger partial charge < -0.3 is 15.2 Å². The maximum atomic E-state index is 10.5. The Hall–Kier alpha value is -3.02. The molecule has 3 N–H and O–H groups in total. The largest absolute Gasteiger partial charge is 0.490 e. The molecule has 0 aromatic heterocycles. The van der Waals surface area contributed by atoms with Crippen LogP contribution in [0.5, 0.6) is 11.5 Å². The van der Waals surface area contributed by atoms with Crippen LogP contribution in [0.2, 0.25) is 0 Å². The third-order valence-corrected chi connectivity index (χ3v) is 3.38. The van der Waals surface area contributed by atoms with Crippen LogP contribution >= 0.6 is 0 Å². The fourth-order valence-electron chi connectivity index (χ4n) is 2.27. The normalized spacial score (nSPS) is 13.6. The van der Waals surface area contributed by atoms with E-state index in [1.54, 1.807) is 0 Å². The van der Waals surface area contributed by atoms with Gasteiger partial charge in [-0.05, 0) is 28.8 Å². The van der Waals surface area contributed by atoms with Gasteiger partial charge >= 0.3 is 6.03 Å². The zero-order valence-corrected chi connectivity index (χ0v) is 12.5. The van der Waals surface area contributed by atoms with Gasteiger partial charge in [-0.3, -0.25) is 0 Å². The standard InChI is InChI=1S/C17H17N3O3/c18-17(21)20-19-11-12-2-4-13(5-3-12)14-6-7-15-16(10-14)23-9-1-8-22-15/h2-7,10-11H,1,8-9H2,(H3,18,20,21). The zero-order chi connectivity index (χ0) is 16.1. The molecule has 0 bridgehead atoms. The molecular weight excluding hydrogens is 294 g/mol. The number of primary amides is 1. The molecule has 0 spiro atoms. The van der Waals surface area contributed by atoms with Crippen LogP contribution in [0.3, 0.4) is 0 Å². The molecule has 6 heteroatoms. The lowest BCUT2D eigenvalue weighted by atomic mass is 10.0. The summed E-state index contributed by atoms with van der Waals surface area (Å²) in [6, 6.07) is 13.0. The summed E-state index contributed by atoms with van der Waals surface area (Å²) in [5, 5.41) is 3.73. The summed E-state index contributed by atoms with van der Waals surface area (Å²) in [5.41, 5.74) is 10.1. The molecule has 2 amide bonds. The highest BCUT2D eigenvalue weighted by Gasteiger charge is 2.11. The summed E-state index contributed by atoms with van der Waals surface area (Å²) in [5.74, 6) is 1.56. The number of rotatable bonds is 3. The van der Waals surface area contributed by atoms with E-state index in [1.165, 1.54) is 6.21 Å². The number of hydrogen-bond donors (Lipinski definition) is 2. The summed E-state index contributed by atoms with van der Waals surface area (Å²) in [4.78, 5) is 10.5. The summed E-state index contributed by atoms with van der Waals surface area (Å²) < 4.78 is 11.3. The Labute approximate surface area is 133 Å². The van der Waals surface area contributed by atoms with Crippen molar-refractivity contribution in [2.24, 2.45) is 10.8 Å². The Kier molecular flexibility index (Phi) is 4.42. The first-order chi connectivity index (χ1) is 11.2. The van der Waals surface area contributed by atoms with E-state index in [9.17, 15) is 4.79 Å². The van der Waals surface area contributed by atoms with Crippen LogP contribution in [-0.2, 0) is 0 Å². The van der Waals surface area contributed by atoms with E-state index >= 15 is 0 Å². The van der Waals surface area contributed by atoms with E-state index in [4.69, 9.17) is 15.2 Å². The second kappa shape index (κ2) is 6.83. The molecule has 0 unspecified atom stereocenters. The number of nitrogens with two attached hydrogens (primary N) is 1. The molecule has 0 radical (unpaired) electrons. The fourth-order valence-corrected chi connectivity index (χ4v) is 2.27. The number of hydrazone groups is 1. The minimum Gasteiger partial charge on any atom is -0.490 e. The molecule has 0 saturated carbocycles. The first kappa shape index (κ1) is 14.9. The minimum atomic E-state index is -0.690. The van der Waals surface area contributed by atoms with E-state index < -0.39 is 6.03 Å². The van der Waals surface area contributed by atoms with Gasteiger partial charge in [-0.2, -0.15) is 5.10 Å². The highest BCUT2D eigenvalue weighted by Crippen LogP contribution is 2.34. The molecule has 118 valence electrons. The lowest BCUT2D eigenvalue weighted by Crippen LogP contribution is -2.24. The lowest BCUT2D eigenvalue weighted by Gasteiger charge is -2.09. The van der Waals surface area contributed by atoms with Gasteiger partial charge in [0.1, 0.15) is 0 Å². The van der Waals surface area contributed by atoms with Gasteiger partial charge in [0.2, 0.25) is 0 Å². The average molecular weight is 311 g/mol. The zero-order valence-electron chi connectivity index (χ0n) is 12.5. The summed E-state index contributed by atoms with van der Waals surface area (Å²) in [6.07, 6.45) is 2.42. The monoisotopic (exact) mass is 311 g/mol. The van der Waals surface area contributed by atoms with Crippen LogP contribution in [-0.4, -0.2) is 25.5 Å². The van der Waals surface area contributed by atoms with Crippen molar-refractivity contribution in [2.45, 2.75) is 6.42 Å². The third-order valence-electron chi connectivity index (χ3n) is 3.38. The molecule has 2 aromatic carbocycles. The van der Waals surface area contributed by atoms with Gasteiger partial charge in [-0.25, -0.2) is 10.2 Å². The van der Waals surface area contributed by atoms with Crippen LogP contribution in [0.4, 0.5) is 4.79 Å². The van der Waals surface area contributed by atoms with E-state index in [0.717, 1.165) is 34.6 Å². The molecule has 1 heterocycles. The van der Waals surface area contributed by atoms with Crippen molar-refractivity contribution < 1.29 is 14.3 Å². The molecule has 0 atom stereocenters. The van der Waals surface area contributed by atoms with Crippen LogP contribution in [0, 0.1) is 0 Å². The van der Waals surface area contributed by atoms with E-state index in [-0.39, 0.29) is 0 Å². The number of nitrogens with one attached hydrogen (secondary N) is 1. The number of ether oxygens (including phenoxy) is 2. The number of carbonyl (C=O) groups is 1. The predicted molar refractivity (Wildman–Crippen MR) is 87.8 cm³/mol. The van der Waals surface area contributed by atoms with Crippen molar-refractivity contribution in [1.29, 1.82) is 0 Å². The number of amides is 2. The third kappa shape index (κ3) is 3.79. The van der Waals surface area contributed by atoms with E-state index in [0.29, 0.717) is 13.2 Å². The van der Waals surface area contributed by atoms with E-state index in [2.05, 4.69) is 10.5 Å². The van der Waals surface area contributed by atoms with Crippen molar-refractivity contribution in [3.8, 4) is 22.6 Å². The Morgan fingerprint density at radius 1 is 1.04 bits per heavy atom. The molecule has 0 saturated heterocycles. The quantitative estimate of drug-likeness (QED) is 0.674. The van der Waals surface area contributed by atoms with Gasteiger partial charge in [0.05, 0.1) is 19.4 Å². The molecule has 3 rings (SSSR count). The van der Waals surface area contributed by atoms with Gasteiger partial charge in [0, 0.05) is 6.42 Å². The molecule has 0 fully saturated rings. The Bertz CT molecular complexity index is 726. The van der Waals surface area contributed by atoms with Crippen molar-refractivity contribution in [2.75, 3.05) is 13.2 Å². The van der Waals surface area contributed by atoms with Crippen LogP contribution in [0.25, 0.3) is 11.1 Å². The molecular formula is C17H17N3O3. The maximum Gasteiger partial charge on any atom is 0.332 e. The number of fused-ring (bicyclic) bond motifs is 1. The molecule has 1 aliphatic rings. The molecule has 23 heavy (non-hydrogen) atoms. The van der Waals surface area contributed by atoms with Crippen LogP contribution < -0.4 is 20.6 Å². The summed E-state index contributed by atoms with van der Waals surface area (Å²) >= 11 is 0. The Morgan fingerprint density at radius 2 is 1.74 bits per heavy atom. The van der Waals surface area contributed by atoms with Crippen LogP contribution in [0.15, 0.2) is 47.6 Å². The maximum absolute atomic E-state index is 10.5. The van der Waals surface area contributed by atoms with Crippen molar-refractivity contribution in [3.63, 3.8) is 0 Å².